The van der Waals surface area contributed by atoms with Crippen LogP contribution in [0.15, 0.2) is 12.2 Å². The second kappa shape index (κ2) is 3.76. The maximum atomic E-state index is 11.1. The number of aliphatic hydroxyl groups is 1. The molecule has 4 heteroatoms. The van der Waals surface area contributed by atoms with Crippen LogP contribution in [0, 0.1) is 0 Å². The number of aliphatic hydroxyl groups excluding tert-OH is 1. The van der Waals surface area contributed by atoms with Crippen molar-refractivity contribution < 1.29 is 9.90 Å². The average molecular weight is 167 g/mol. The van der Waals surface area contributed by atoms with Gasteiger partial charge in [0.2, 0.25) is 5.91 Å². The zero-order valence-corrected chi connectivity index (χ0v) is 7.53. The lowest BCUT2D eigenvalue weighted by Crippen LogP contribution is -2.27. The SMILES string of the molecule is B[C@@H](O)/C=C/[C@H]1CCC(=O)N1C. The normalized spacial score (nSPS) is 27.0. The summed E-state index contributed by atoms with van der Waals surface area (Å²) in [7, 11) is 3.50. The number of carbonyl (C=O) groups excluding carboxylic acids is 1. The first kappa shape index (κ1) is 9.32. The zero-order valence-electron chi connectivity index (χ0n) is 7.53. The Morgan fingerprint density at radius 1 is 1.83 bits per heavy atom. The van der Waals surface area contributed by atoms with Crippen molar-refractivity contribution in [2.75, 3.05) is 7.05 Å². The molecule has 1 aliphatic heterocycles. The van der Waals surface area contributed by atoms with Crippen LogP contribution in [0.1, 0.15) is 12.8 Å². The lowest BCUT2D eigenvalue weighted by Gasteiger charge is -2.15. The number of likely N-dealkylation sites (N-methyl/N-ethyl adjacent to an activating group) is 1. The molecule has 0 radical (unpaired) electrons. The highest BCUT2D eigenvalue weighted by atomic mass is 16.3. The van der Waals surface area contributed by atoms with Crippen molar-refractivity contribution >= 4 is 13.8 Å². The fraction of sp³-hybridized carbons (Fsp3) is 0.625. The third-order valence-electron chi connectivity index (χ3n) is 2.16. The van der Waals surface area contributed by atoms with Crippen molar-refractivity contribution in [3.8, 4) is 0 Å². The van der Waals surface area contributed by atoms with Crippen LogP contribution in [-0.2, 0) is 4.79 Å². The highest BCUT2D eigenvalue weighted by Gasteiger charge is 2.24. The summed E-state index contributed by atoms with van der Waals surface area (Å²) >= 11 is 0. The van der Waals surface area contributed by atoms with Gasteiger partial charge >= 0.3 is 0 Å². The molecule has 0 spiro atoms. The Bertz CT molecular complexity index is 203. The quantitative estimate of drug-likeness (QED) is 0.428. The number of hydrogen-bond acceptors (Lipinski definition) is 2. The maximum absolute atomic E-state index is 11.1. The smallest absolute Gasteiger partial charge is 0.222 e. The first-order chi connectivity index (χ1) is 5.61. The van der Waals surface area contributed by atoms with E-state index in [2.05, 4.69) is 0 Å². The molecule has 1 heterocycles. The van der Waals surface area contributed by atoms with E-state index in [4.69, 9.17) is 5.11 Å². The predicted molar refractivity (Wildman–Crippen MR) is 49.5 cm³/mol. The van der Waals surface area contributed by atoms with Gasteiger partial charge in [-0.25, -0.2) is 0 Å². The molecular weight excluding hydrogens is 153 g/mol. The molecule has 3 nitrogen and oxygen atoms in total. The highest BCUT2D eigenvalue weighted by molar-refractivity contribution is 6.12. The maximum Gasteiger partial charge on any atom is 0.222 e. The van der Waals surface area contributed by atoms with Gasteiger partial charge in [0, 0.05) is 19.5 Å². The van der Waals surface area contributed by atoms with Crippen molar-refractivity contribution in [1.29, 1.82) is 0 Å². The fourth-order valence-corrected chi connectivity index (χ4v) is 1.34. The molecule has 1 N–H and O–H groups in total. The molecule has 12 heavy (non-hydrogen) atoms. The van der Waals surface area contributed by atoms with E-state index >= 15 is 0 Å². The third kappa shape index (κ3) is 2.11. The molecular formula is C8H14BNO2. The molecule has 0 aromatic carbocycles. The van der Waals surface area contributed by atoms with E-state index in [1.165, 1.54) is 0 Å². The molecule has 1 fully saturated rings. The van der Waals surface area contributed by atoms with E-state index in [1.807, 2.05) is 6.08 Å². The van der Waals surface area contributed by atoms with Crippen molar-refractivity contribution in [1.82, 2.24) is 4.90 Å². The van der Waals surface area contributed by atoms with Gasteiger partial charge in [0.05, 0.1) is 6.04 Å². The molecule has 0 aromatic rings. The summed E-state index contributed by atoms with van der Waals surface area (Å²) in [5, 5.41) is 8.97. The Hall–Kier alpha value is -0.765. The monoisotopic (exact) mass is 167 g/mol. The van der Waals surface area contributed by atoms with Crippen molar-refractivity contribution in [3.05, 3.63) is 12.2 Å². The molecule has 2 atom stereocenters. The molecule has 0 saturated carbocycles. The van der Waals surface area contributed by atoms with Gasteiger partial charge in [-0.3, -0.25) is 4.79 Å². The zero-order chi connectivity index (χ0) is 9.14. The van der Waals surface area contributed by atoms with Gasteiger partial charge in [-0.05, 0) is 6.42 Å². The minimum Gasteiger partial charge on any atom is -0.398 e. The Labute approximate surface area is 73.5 Å². The molecule has 1 aliphatic rings. The van der Waals surface area contributed by atoms with E-state index in [1.54, 1.807) is 25.9 Å². The third-order valence-corrected chi connectivity index (χ3v) is 2.16. The average Bonchev–Trinajstić information content (AvgIpc) is 2.30. The second-order valence-corrected chi connectivity index (χ2v) is 3.24. The first-order valence-electron chi connectivity index (χ1n) is 4.23. The summed E-state index contributed by atoms with van der Waals surface area (Å²) in [5.41, 5.74) is 0. The fourth-order valence-electron chi connectivity index (χ4n) is 1.34. The van der Waals surface area contributed by atoms with Crippen LogP contribution >= 0.6 is 0 Å². The first-order valence-corrected chi connectivity index (χ1v) is 4.23. The predicted octanol–water partition coefficient (Wildman–Crippen LogP) is -0.885. The van der Waals surface area contributed by atoms with Crippen LogP contribution in [-0.4, -0.2) is 42.9 Å². The van der Waals surface area contributed by atoms with Crippen LogP contribution in [0.4, 0.5) is 0 Å². The van der Waals surface area contributed by atoms with Crippen molar-refractivity contribution in [2.24, 2.45) is 0 Å². The Morgan fingerprint density at radius 3 is 2.92 bits per heavy atom. The Balaban J connectivity index is 2.49. The molecule has 1 saturated heterocycles. The Morgan fingerprint density at radius 2 is 2.50 bits per heavy atom. The van der Waals surface area contributed by atoms with Gasteiger partial charge < -0.3 is 10.0 Å². The molecule has 66 valence electrons. The number of hydrogen-bond donors (Lipinski definition) is 1. The van der Waals surface area contributed by atoms with Crippen LogP contribution < -0.4 is 0 Å². The van der Waals surface area contributed by atoms with E-state index < -0.39 is 6.00 Å². The summed E-state index contributed by atoms with van der Waals surface area (Å²) in [5.74, 6) is 0.190. The minimum atomic E-state index is -0.422. The van der Waals surface area contributed by atoms with Crippen LogP contribution in [0.25, 0.3) is 0 Å². The van der Waals surface area contributed by atoms with E-state index in [0.717, 1.165) is 6.42 Å². The molecule has 0 unspecified atom stereocenters. The summed E-state index contributed by atoms with van der Waals surface area (Å²) in [6.07, 6.45) is 5.12. The van der Waals surface area contributed by atoms with E-state index in [0.29, 0.717) is 6.42 Å². The number of nitrogens with zero attached hydrogens (tertiary/aromatic N) is 1. The van der Waals surface area contributed by atoms with Gasteiger partial charge in [-0.1, -0.05) is 12.2 Å². The number of rotatable bonds is 2. The molecule has 0 aromatic heterocycles. The van der Waals surface area contributed by atoms with Gasteiger partial charge in [-0.15, -0.1) is 0 Å². The summed E-state index contributed by atoms with van der Waals surface area (Å²) in [4.78, 5) is 12.8. The topological polar surface area (TPSA) is 40.5 Å². The van der Waals surface area contributed by atoms with Crippen molar-refractivity contribution in [2.45, 2.75) is 24.9 Å². The summed E-state index contributed by atoms with van der Waals surface area (Å²) in [6, 6.07) is -0.235. The number of carbonyl (C=O) groups is 1. The largest absolute Gasteiger partial charge is 0.398 e. The second-order valence-electron chi connectivity index (χ2n) is 3.24. The van der Waals surface area contributed by atoms with Crippen LogP contribution in [0.3, 0.4) is 0 Å². The highest BCUT2D eigenvalue weighted by Crippen LogP contribution is 2.17. The summed E-state index contributed by atoms with van der Waals surface area (Å²) < 4.78 is 0. The Kier molecular flexibility index (Phi) is 2.92. The summed E-state index contributed by atoms with van der Waals surface area (Å²) in [6.45, 7) is 0. The van der Waals surface area contributed by atoms with E-state index in [-0.39, 0.29) is 11.9 Å². The lowest BCUT2D eigenvalue weighted by atomic mass is 9.99. The number of amides is 1. The van der Waals surface area contributed by atoms with Gasteiger partial charge in [0.15, 0.2) is 0 Å². The van der Waals surface area contributed by atoms with Crippen LogP contribution in [0.5, 0.6) is 0 Å². The van der Waals surface area contributed by atoms with Crippen LogP contribution in [0.2, 0.25) is 0 Å². The van der Waals surface area contributed by atoms with Gasteiger partial charge in [0.25, 0.3) is 0 Å². The van der Waals surface area contributed by atoms with Crippen molar-refractivity contribution in [3.63, 3.8) is 0 Å². The number of likely N-dealkylation sites (tertiary alicyclic amines) is 1. The molecule has 0 aliphatic carbocycles. The van der Waals surface area contributed by atoms with Gasteiger partial charge in [-0.2, -0.15) is 0 Å². The standard InChI is InChI=1S/C8H14BNO2/c1-10-6(2-4-7(9)11)3-5-8(10)12/h2,4,6-7,11H,3,5,9H2,1H3/b4-2+/t6-,7-/m0/s1. The molecule has 0 bridgehead atoms. The lowest BCUT2D eigenvalue weighted by molar-refractivity contribution is -0.127. The minimum absolute atomic E-state index is 0.187. The molecule has 1 rings (SSSR count). The molecule has 1 amide bonds. The van der Waals surface area contributed by atoms with Gasteiger partial charge in [0.1, 0.15) is 7.85 Å². The van der Waals surface area contributed by atoms with E-state index in [9.17, 15) is 4.79 Å².